The molecule has 0 aliphatic rings. The highest BCUT2D eigenvalue weighted by atomic mass is 16.6. The van der Waals surface area contributed by atoms with Crippen molar-refractivity contribution in [2.45, 2.75) is 6.10 Å². The van der Waals surface area contributed by atoms with Crippen molar-refractivity contribution >= 4 is 17.8 Å². The predicted octanol–water partition coefficient (Wildman–Crippen LogP) is 2.43. The molecule has 0 aromatic heterocycles. The topological polar surface area (TPSA) is 93.8 Å². The summed E-state index contributed by atoms with van der Waals surface area (Å²) in [5.41, 5.74) is 3.73. The number of hydrazone groups is 1. The maximum absolute atomic E-state index is 12.1. The lowest BCUT2D eigenvalue weighted by Gasteiger charge is -2.13. The Kier molecular flexibility index (Phi) is 5.54. The summed E-state index contributed by atoms with van der Waals surface area (Å²) in [7, 11) is 1.44. The van der Waals surface area contributed by atoms with Gasteiger partial charge in [0.15, 0.2) is 6.10 Å². The van der Waals surface area contributed by atoms with Gasteiger partial charge in [-0.3, -0.25) is 14.9 Å². The monoisotopic (exact) mass is 313 g/mol. The molecule has 7 heteroatoms. The lowest BCUT2D eigenvalue weighted by Crippen LogP contribution is -2.26. The summed E-state index contributed by atoms with van der Waals surface area (Å²) in [6.45, 7) is 0. The van der Waals surface area contributed by atoms with E-state index in [1.54, 1.807) is 24.3 Å². The van der Waals surface area contributed by atoms with Crippen LogP contribution in [-0.2, 0) is 9.53 Å². The molecule has 0 unspecified atom stereocenters. The number of amides is 1. The Hall–Kier alpha value is -3.06. The Morgan fingerprint density at radius 3 is 2.43 bits per heavy atom. The van der Waals surface area contributed by atoms with Crippen LogP contribution in [0.15, 0.2) is 59.7 Å². The van der Waals surface area contributed by atoms with E-state index in [4.69, 9.17) is 4.74 Å². The van der Waals surface area contributed by atoms with Gasteiger partial charge in [0.2, 0.25) is 0 Å². The number of nitro groups is 1. The first-order valence-corrected chi connectivity index (χ1v) is 6.77. The van der Waals surface area contributed by atoms with Crippen molar-refractivity contribution in [1.29, 1.82) is 0 Å². The average Bonchev–Trinajstić information content (AvgIpc) is 2.57. The normalized spacial score (nSPS) is 12.0. The van der Waals surface area contributed by atoms with E-state index in [1.165, 1.54) is 25.5 Å². The van der Waals surface area contributed by atoms with Crippen molar-refractivity contribution in [2.24, 2.45) is 5.10 Å². The number of nitrogens with one attached hydrogen (secondary N) is 1. The van der Waals surface area contributed by atoms with Crippen LogP contribution in [-0.4, -0.2) is 24.2 Å². The molecule has 0 fully saturated rings. The van der Waals surface area contributed by atoms with Crippen molar-refractivity contribution in [2.75, 3.05) is 7.11 Å². The van der Waals surface area contributed by atoms with Gasteiger partial charge < -0.3 is 4.74 Å². The number of hydrogen-bond donors (Lipinski definition) is 1. The highest BCUT2D eigenvalue weighted by Crippen LogP contribution is 2.16. The number of hydrogen-bond acceptors (Lipinski definition) is 5. The fraction of sp³-hybridized carbons (Fsp3) is 0.125. The molecule has 1 atom stereocenters. The molecule has 0 radical (unpaired) electrons. The standard InChI is InChI=1S/C16H15N3O4/c1-23-15(13-5-3-2-4-6-13)16(20)18-17-11-12-7-9-14(10-8-12)19(21)22/h2-11,15H,1H3,(H,18,20)/b17-11-/t15-/m0/s1. The number of non-ortho nitro benzene ring substituents is 1. The van der Waals surface area contributed by atoms with E-state index in [0.29, 0.717) is 5.56 Å². The van der Waals surface area contributed by atoms with Gasteiger partial charge in [-0.05, 0) is 23.3 Å². The van der Waals surface area contributed by atoms with Gasteiger partial charge in [0.25, 0.3) is 11.6 Å². The second-order valence-corrected chi connectivity index (χ2v) is 4.61. The molecule has 118 valence electrons. The summed E-state index contributed by atoms with van der Waals surface area (Å²) in [4.78, 5) is 22.1. The van der Waals surface area contributed by atoms with Crippen molar-refractivity contribution in [1.82, 2.24) is 5.43 Å². The van der Waals surface area contributed by atoms with Crippen LogP contribution in [0.2, 0.25) is 0 Å². The molecular weight excluding hydrogens is 298 g/mol. The number of rotatable bonds is 6. The molecule has 2 aromatic carbocycles. The Morgan fingerprint density at radius 1 is 1.22 bits per heavy atom. The molecule has 0 spiro atoms. The first-order valence-electron chi connectivity index (χ1n) is 6.77. The number of methoxy groups -OCH3 is 1. The lowest BCUT2D eigenvalue weighted by molar-refractivity contribution is -0.384. The summed E-state index contributed by atoms with van der Waals surface area (Å²) in [6.07, 6.45) is 0.643. The number of nitro benzene ring substituents is 1. The molecule has 0 aliphatic heterocycles. The molecule has 1 amide bonds. The number of benzene rings is 2. The van der Waals surface area contributed by atoms with E-state index in [9.17, 15) is 14.9 Å². The zero-order chi connectivity index (χ0) is 16.7. The summed E-state index contributed by atoms with van der Waals surface area (Å²) >= 11 is 0. The van der Waals surface area contributed by atoms with Gasteiger partial charge in [-0.1, -0.05) is 30.3 Å². The Balaban J connectivity index is 1.98. The third kappa shape index (κ3) is 4.45. The van der Waals surface area contributed by atoms with E-state index in [2.05, 4.69) is 10.5 Å². The number of ether oxygens (including phenoxy) is 1. The van der Waals surface area contributed by atoms with Gasteiger partial charge in [0.1, 0.15) is 0 Å². The molecule has 2 aromatic rings. The minimum Gasteiger partial charge on any atom is -0.367 e. The minimum atomic E-state index is -0.759. The van der Waals surface area contributed by atoms with Gasteiger partial charge in [0.05, 0.1) is 11.1 Å². The fourth-order valence-electron chi connectivity index (χ4n) is 1.93. The van der Waals surface area contributed by atoms with Gasteiger partial charge in [0, 0.05) is 19.2 Å². The van der Waals surface area contributed by atoms with E-state index in [0.717, 1.165) is 5.56 Å². The van der Waals surface area contributed by atoms with Crippen LogP contribution in [0.1, 0.15) is 17.2 Å². The quantitative estimate of drug-likeness (QED) is 0.503. The zero-order valence-electron chi connectivity index (χ0n) is 12.4. The molecule has 7 nitrogen and oxygen atoms in total. The molecule has 0 aliphatic carbocycles. The zero-order valence-corrected chi connectivity index (χ0v) is 12.4. The minimum absolute atomic E-state index is 0.00490. The van der Waals surface area contributed by atoms with Crippen LogP contribution in [0.25, 0.3) is 0 Å². The molecule has 2 rings (SSSR count). The second kappa shape index (κ2) is 7.81. The van der Waals surface area contributed by atoms with Crippen LogP contribution < -0.4 is 5.43 Å². The predicted molar refractivity (Wildman–Crippen MR) is 85.0 cm³/mol. The van der Waals surface area contributed by atoms with Crippen LogP contribution in [0, 0.1) is 10.1 Å². The van der Waals surface area contributed by atoms with E-state index < -0.39 is 16.9 Å². The second-order valence-electron chi connectivity index (χ2n) is 4.61. The van der Waals surface area contributed by atoms with Crippen LogP contribution in [0.4, 0.5) is 5.69 Å². The van der Waals surface area contributed by atoms with Crippen molar-refractivity contribution < 1.29 is 14.5 Å². The summed E-state index contributed by atoms with van der Waals surface area (Å²) < 4.78 is 5.18. The van der Waals surface area contributed by atoms with E-state index >= 15 is 0 Å². The summed E-state index contributed by atoms with van der Waals surface area (Å²) in [6, 6.07) is 14.9. The van der Waals surface area contributed by atoms with Crippen LogP contribution in [0.3, 0.4) is 0 Å². The third-order valence-corrected chi connectivity index (χ3v) is 3.07. The lowest BCUT2D eigenvalue weighted by atomic mass is 10.1. The Bertz CT molecular complexity index is 699. The maximum atomic E-state index is 12.1. The smallest absolute Gasteiger partial charge is 0.273 e. The SMILES string of the molecule is CO[C@H](C(=O)N/N=C\c1ccc([N+](=O)[O-])cc1)c1ccccc1. The fourth-order valence-corrected chi connectivity index (χ4v) is 1.93. The maximum Gasteiger partial charge on any atom is 0.273 e. The van der Waals surface area contributed by atoms with E-state index in [-0.39, 0.29) is 5.69 Å². The molecule has 0 saturated carbocycles. The van der Waals surface area contributed by atoms with Gasteiger partial charge >= 0.3 is 0 Å². The Morgan fingerprint density at radius 2 is 1.87 bits per heavy atom. The van der Waals surface area contributed by atoms with Gasteiger partial charge in [-0.2, -0.15) is 5.10 Å². The van der Waals surface area contributed by atoms with Crippen molar-refractivity contribution in [3.63, 3.8) is 0 Å². The number of carbonyl (C=O) groups is 1. The molecule has 0 bridgehead atoms. The number of nitrogens with zero attached hydrogens (tertiary/aromatic N) is 2. The largest absolute Gasteiger partial charge is 0.367 e. The summed E-state index contributed by atoms with van der Waals surface area (Å²) in [5, 5.41) is 14.4. The number of carbonyl (C=O) groups excluding carboxylic acids is 1. The first kappa shape index (κ1) is 16.3. The molecular formula is C16H15N3O4. The highest BCUT2D eigenvalue weighted by Gasteiger charge is 2.19. The molecule has 0 saturated heterocycles. The van der Waals surface area contributed by atoms with Crippen LogP contribution in [0.5, 0.6) is 0 Å². The van der Waals surface area contributed by atoms with Crippen molar-refractivity contribution in [3.8, 4) is 0 Å². The third-order valence-electron chi connectivity index (χ3n) is 3.07. The van der Waals surface area contributed by atoms with E-state index in [1.807, 2.05) is 18.2 Å². The first-order chi connectivity index (χ1) is 11.1. The Labute approximate surface area is 132 Å². The average molecular weight is 313 g/mol. The molecule has 1 N–H and O–H groups in total. The van der Waals surface area contributed by atoms with Gasteiger partial charge in [-0.25, -0.2) is 5.43 Å². The molecule has 0 heterocycles. The van der Waals surface area contributed by atoms with Crippen molar-refractivity contribution in [3.05, 3.63) is 75.8 Å². The van der Waals surface area contributed by atoms with Gasteiger partial charge in [-0.15, -0.1) is 0 Å². The molecule has 23 heavy (non-hydrogen) atoms. The highest BCUT2D eigenvalue weighted by molar-refractivity contribution is 5.85. The summed E-state index contributed by atoms with van der Waals surface area (Å²) in [5.74, 6) is -0.406. The van der Waals surface area contributed by atoms with Crippen LogP contribution >= 0.6 is 0 Å².